The van der Waals surface area contributed by atoms with E-state index in [1.54, 1.807) is 19.1 Å². The SMILES string of the molecule is CCCCCCCC(=O)OC[C@H]1O[C@@](C)(c2ccc3c(N)ncnn23)[C@H](O)[C@@H]1O. The van der Waals surface area contributed by atoms with Crippen LogP contribution in [-0.2, 0) is 19.9 Å². The van der Waals surface area contributed by atoms with E-state index >= 15 is 0 Å². The first-order valence-corrected chi connectivity index (χ1v) is 10.2. The van der Waals surface area contributed by atoms with Crippen LogP contribution in [0.1, 0.15) is 58.1 Å². The van der Waals surface area contributed by atoms with Gasteiger partial charge in [0.05, 0.1) is 5.69 Å². The van der Waals surface area contributed by atoms with Gasteiger partial charge in [0.1, 0.15) is 42.4 Å². The van der Waals surface area contributed by atoms with Crippen LogP contribution in [-0.4, -0.2) is 55.7 Å². The monoisotopic (exact) mass is 406 g/mol. The fourth-order valence-electron chi connectivity index (χ4n) is 3.78. The van der Waals surface area contributed by atoms with Crippen molar-refractivity contribution in [2.75, 3.05) is 12.3 Å². The number of aliphatic hydroxyl groups excluding tert-OH is 2. The van der Waals surface area contributed by atoms with Gasteiger partial charge in [-0.25, -0.2) is 9.50 Å². The number of rotatable bonds is 9. The molecule has 4 N–H and O–H groups in total. The molecule has 1 saturated heterocycles. The molecule has 9 nitrogen and oxygen atoms in total. The van der Waals surface area contributed by atoms with Crippen LogP contribution in [0.4, 0.5) is 5.82 Å². The number of carbonyl (C=O) groups is 1. The highest BCUT2D eigenvalue weighted by atomic mass is 16.6. The molecule has 0 saturated carbocycles. The lowest BCUT2D eigenvalue weighted by atomic mass is 9.93. The molecule has 4 atom stereocenters. The Bertz CT molecular complexity index is 841. The predicted octanol–water partition coefficient (Wildman–Crippen LogP) is 1.55. The lowest BCUT2D eigenvalue weighted by Crippen LogP contribution is -2.39. The summed E-state index contributed by atoms with van der Waals surface area (Å²) < 4.78 is 12.8. The lowest BCUT2D eigenvalue weighted by Gasteiger charge is -2.27. The summed E-state index contributed by atoms with van der Waals surface area (Å²) in [4.78, 5) is 15.9. The molecule has 2 aromatic heterocycles. The second kappa shape index (κ2) is 9.06. The minimum absolute atomic E-state index is 0.123. The third-order valence-electron chi connectivity index (χ3n) is 5.55. The number of anilines is 1. The summed E-state index contributed by atoms with van der Waals surface area (Å²) in [6.45, 7) is 3.68. The van der Waals surface area contributed by atoms with E-state index in [4.69, 9.17) is 15.2 Å². The van der Waals surface area contributed by atoms with Crippen LogP contribution >= 0.6 is 0 Å². The van der Waals surface area contributed by atoms with Crippen molar-refractivity contribution < 1.29 is 24.5 Å². The molecule has 160 valence electrons. The first kappa shape index (κ1) is 21.5. The van der Waals surface area contributed by atoms with Gasteiger partial charge in [-0.2, -0.15) is 5.10 Å². The van der Waals surface area contributed by atoms with Crippen LogP contribution in [0.15, 0.2) is 18.5 Å². The van der Waals surface area contributed by atoms with Crippen molar-refractivity contribution in [3.8, 4) is 0 Å². The van der Waals surface area contributed by atoms with Crippen LogP contribution in [0.25, 0.3) is 5.52 Å². The number of nitrogens with zero attached hydrogens (tertiary/aromatic N) is 3. The van der Waals surface area contributed by atoms with Gasteiger partial charge in [0, 0.05) is 6.42 Å². The highest BCUT2D eigenvalue weighted by Gasteiger charge is 2.53. The Kier molecular flexibility index (Phi) is 6.71. The molecule has 1 fully saturated rings. The maximum atomic E-state index is 12.0. The fourth-order valence-corrected chi connectivity index (χ4v) is 3.78. The zero-order chi connectivity index (χ0) is 21.0. The molecule has 0 bridgehead atoms. The van der Waals surface area contributed by atoms with Gasteiger partial charge in [0.25, 0.3) is 0 Å². The van der Waals surface area contributed by atoms with Crippen LogP contribution in [0.5, 0.6) is 0 Å². The molecule has 3 rings (SSSR count). The smallest absolute Gasteiger partial charge is 0.305 e. The van der Waals surface area contributed by atoms with Crippen molar-refractivity contribution in [2.45, 2.75) is 76.3 Å². The maximum Gasteiger partial charge on any atom is 0.305 e. The zero-order valence-electron chi connectivity index (χ0n) is 17.0. The quantitative estimate of drug-likeness (QED) is 0.422. The Morgan fingerprint density at radius 2 is 2.07 bits per heavy atom. The number of aromatic nitrogens is 3. The number of ether oxygens (including phenoxy) is 2. The minimum atomic E-state index is -1.25. The molecule has 29 heavy (non-hydrogen) atoms. The number of esters is 1. The topological polar surface area (TPSA) is 132 Å². The largest absolute Gasteiger partial charge is 0.463 e. The third kappa shape index (κ3) is 4.36. The molecule has 3 heterocycles. The Hall–Kier alpha value is -2.23. The van der Waals surface area contributed by atoms with Crippen molar-refractivity contribution >= 4 is 17.3 Å². The summed E-state index contributed by atoms with van der Waals surface area (Å²) in [6.07, 6.45) is 3.58. The van der Waals surface area contributed by atoms with Crippen molar-refractivity contribution in [3.63, 3.8) is 0 Å². The van der Waals surface area contributed by atoms with Crippen LogP contribution < -0.4 is 5.73 Å². The third-order valence-corrected chi connectivity index (χ3v) is 5.55. The number of hydrogen-bond acceptors (Lipinski definition) is 8. The molecule has 0 unspecified atom stereocenters. The average molecular weight is 406 g/mol. The maximum absolute atomic E-state index is 12.0. The van der Waals surface area contributed by atoms with Gasteiger partial charge in [-0.1, -0.05) is 32.6 Å². The first-order valence-electron chi connectivity index (χ1n) is 10.2. The first-order chi connectivity index (χ1) is 13.9. The number of nitrogens with two attached hydrogens (primary N) is 1. The summed E-state index contributed by atoms with van der Waals surface area (Å²) in [6, 6.07) is 3.45. The average Bonchev–Trinajstić information content (AvgIpc) is 3.23. The fraction of sp³-hybridized carbons (Fsp3) is 0.650. The minimum Gasteiger partial charge on any atom is -0.463 e. The highest BCUT2D eigenvalue weighted by molar-refractivity contribution is 5.69. The molecule has 0 aliphatic carbocycles. The molecule has 1 aliphatic heterocycles. The molecular formula is C20H30N4O5. The standard InChI is InChI=1S/C20H30N4O5/c1-3-4-5-6-7-8-16(25)28-11-14-17(26)18(27)20(2,29-14)15-10-9-13-19(21)22-12-23-24(13)15/h9-10,12,14,17-18,26-27H,3-8,11H2,1-2H3,(H2,21,22,23)/t14-,17-,18-,20+/m1/s1. The Balaban J connectivity index is 1.62. The summed E-state index contributed by atoms with van der Waals surface area (Å²) in [5.41, 5.74) is 5.72. The second-order valence-corrected chi connectivity index (χ2v) is 7.71. The lowest BCUT2D eigenvalue weighted by molar-refractivity contribution is -0.152. The molecule has 1 aliphatic rings. The van der Waals surface area contributed by atoms with E-state index in [0.29, 0.717) is 23.4 Å². The predicted molar refractivity (Wildman–Crippen MR) is 106 cm³/mol. The highest BCUT2D eigenvalue weighted by Crippen LogP contribution is 2.40. The van der Waals surface area contributed by atoms with E-state index in [1.165, 1.54) is 17.3 Å². The van der Waals surface area contributed by atoms with Gasteiger partial charge in [-0.3, -0.25) is 4.79 Å². The Morgan fingerprint density at radius 1 is 1.31 bits per heavy atom. The van der Waals surface area contributed by atoms with E-state index in [-0.39, 0.29) is 12.6 Å². The molecular weight excluding hydrogens is 376 g/mol. The van der Waals surface area contributed by atoms with Crippen LogP contribution in [0, 0.1) is 0 Å². The summed E-state index contributed by atoms with van der Waals surface area (Å²) in [7, 11) is 0. The number of aliphatic hydroxyl groups is 2. The van der Waals surface area contributed by atoms with Gasteiger partial charge in [0.2, 0.25) is 0 Å². The van der Waals surface area contributed by atoms with Crippen molar-refractivity contribution in [1.82, 2.24) is 14.6 Å². The van der Waals surface area contributed by atoms with Crippen LogP contribution in [0.2, 0.25) is 0 Å². The molecule has 2 aromatic rings. The summed E-state index contributed by atoms with van der Waals surface area (Å²) in [5, 5.41) is 25.3. The second-order valence-electron chi connectivity index (χ2n) is 7.71. The number of nitrogen functional groups attached to an aromatic ring is 1. The van der Waals surface area contributed by atoms with Gasteiger partial charge in [-0.05, 0) is 25.5 Å². The van der Waals surface area contributed by atoms with E-state index in [2.05, 4.69) is 17.0 Å². The molecule has 0 radical (unpaired) electrons. The Morgan fingerprint density at radius 3 is 2.83 bits per heavy atom. The van der Waals surface area contributed by atoms with E-state index in [0.717, 1.165) is 25.7 Å². The van der Waals surface area contributed by atoms with Crippen molar-refractivity contribution in [2.24, 2.45) is 0 Å². The normalized spacial score (nSPS) is 26.8. The number of hydrogen-bond donors (Lipinski definition) is 3. The van der Waals surface area contributed by atoms with E-state index in [1.807, 2.05) is 0 Å². The zero-order valence-corrected chi connectivity index (χ0v) is 17.0. The van der Waals surface area contributed by atoms with Gasteiger partial charge >= 0.3 is 5.97 Å². The molecule has 0 spiro atoms. The number of fused-ring (bicyclic) bond motifs is 1. The van der Waals surface area contributed by atoms with E-state index in [9.17, 15) is 15.0 Å². The Labute approximate surface area is 169 Å². The number of unbranched alkanes of at least 4 members (excludes halogenated alkanes) is 4. The van der Waals surface area contributed by atoms with Crippen molar-refractivity contribution in [3.05, 3.63) is 24.2 Å². The van der Waals surface area contributed by atoms with Gasteiger partial charge in [-0.15, -0.1) is 0 Å². The molecule has 0 amide bonds. The molecule has 0 aromatic carbocycles. The van der Waals surface area contributed by atoms with E-state index < -0.39 is 23.9 Å². The van der Waals surface area contributed by atoms with Crippen LogP contribution in [0.3, 0.4) is 0 Å². The molecule has 9 heteroatoms. The summed E-state index contributed by atoms with van der Waals surface area (Å²) in [5.74, 6) is -0.0265. The van der Waals surface area contributed by atoms with Gasteiger partial charge < -0.3 is 25.4 Å². The number of carbonyl (C=O) groups excluding carboxylic acids is 1. The van der Waals surface area contributed by atoms with Crippen molar-refractivity contribution in [1.29, 1.82) is 0 Å². The summed E-state index contributed by atoms with van der Waals surface area (Å²) >= 11 is 0. The van der Waals surface area contributed by atoms with Gasteiger partial charge in [0.15, 0.2) is 5.82 Å².